The fraction of sp³-hybridized carbons (Fsp3) is 1.00. The fourth-order valence-corrected chi connectivity index (χ4v) is 1.94. The second-order valence-electron chi connectivity index (χ2n) is 4.22. The van der Waals surface area contributed by atoms with Gasteiger partial charge in [0.05, 0.1) is 0 Å². The lowest BCUT2D eigenvalue weighted by atomic mass is 10.2. The molecule has 0 spiro atoms. The van der Waals surface area contributed by atoms with Gasteiger partial charge in [0.2, 0.25) is 0 Å². The normalized spacial score (nSPS) is 26.8. The van der Waals surface area contributed by atoms with Crippen LogP contribution in [-0.4, -0.2) is 37.1 Å². The molecule has 0 amide bonds. The van der Waals surface area contributed by atoms with Crippen molar-refractivity contribution >= 4 is 0 Å². The maximum Gasteiger partial charge on any atom is 0.0166 e. The Balaban J connectivity index is 2.23. The smallest absolute Gasteiger partial charge is 0.0166 e. The molecule has 0 aliphatic carbocycles. The molecule has 2 nitrogen and oxygen atoms in total. The van der Waals surface area contributed by atoms with Crippen molar-refractivity contribution in [1.82, 2.24) is 10.2 Å². The van der Waals surface area contributed by atoms with Gasteiger partial charge in [0.25, 0.3) is 0 Å². The van der Waals surface area contributed by atoms with Gasteiger partial charge in [0.1, 0.15) is 0 Å². The fourth-order valence-electron chi connectivity index (χ4n) is 1.94. The zero-order valence-corrected chi connectivity index (χ0v) is 9.18. The van der Waals surface area contributed by atoms with E-state index in [0.717, 1.165) is 0 Å². The van der Waals surface area contributed by atoms with E-state index >= 15 is 0 Å². The van der Waals surface area contributed by atoms with Crippen molar-refractivity contribution in [2.45, 2.75) is 45.6 Å². The quantitative estimate of drug-likeness (QED) is 0.720. The van der Waals surface area contributed by atoms with E-state index in [-0.39, 0.29) is 0 Å². The monoisotopic (exact) mass is 184 g/mol. The van der Waals surface area contributed by atoms with E-state index in [2.05, 4.69) is 24.1 Å². The van der Waals surface area contributed by atoms with Crippen LogP contribution in [0.25, 0.3) is 0 Å². The van der Waals surface area contributed by atoms with E-state index in [0.29, 0.717) is 6.04 Å². The zero-order valence-electron chi connectivity index (χ0n) is 9.18. The molecule has 1 heterocycles. The highest BCUT2D eigenvalue weighted by Gasteiger charge is 2.11. The number of hydrogen-bond donors (Lipinski definition) is 1. The van der Waals surface area contributed by atoms with E-state index in [4.69, 9.17) is 0 Å². The second kappa shape index (κ2) is 6.39. The van der Waals surface area contributed by atoms with Gasteiger partial charge in [0.15, 0.2) is 0 Å². The van der Waals surface area contributed by atoms with E-state index in [1.54, 1.807) is 0 Å². The number of hydrogen-bond acceptors (Lipinski definition) is 2. The van der Waals surface area contributed by atoms with Crippen molar-refractivity contribution in [3.05, 3.63) is 0 Å². The van der Waals surface area contributed by atoms with E-state index in [9.17, 15) is 0 Å². The SMILES string of the molecule is CCCCN1CCCCNC(C)C1. The third-order valence-corrected chi connectivity index (χ3v) is 2.75. The zero-order chi connectivity index (χ0) is 9.52. The van der Waals surface area contributed by atoms with Gasteiger partial charge in [-0.25, -0.2) is 0 Å². The Morgan fingerprint density at radius 3 is 3.00 bits per heavy atom. The minimum atomic E-state index is 0.678. The highest BCUT2D eigenvalue weighted by atomic mass is 15.1. The first-order valence-electron chi connectivity index (χ1n) is 5.78. The van der Waals surface area contributed by atoms with Crippen LogP contribution in [-0.2, 0) is 0 Å². The van der Waals surface area contributed by atoms with Gasteiger partial charge >= 0.3 is 0 Å². The van der Waals surface area contributed by atoms with Crippen LogP contribution in [0.1, 0.15) is 39.5 Å². The Kier molecular flexibility index (Phi) is 5.40. The third-order valence-electron chi connectivity index (χ3n) is 2.75. The summed E-state index contributed by atoms with van der Waals surface area (Å²) in [5.41, 5.74) is 0. The highest BCUT2D eigenvalue weighted by molar-refractivity contribution is 4.71. The summed E-state index contributed by atoms with van der Waals surface area (Å²) < 4.78 is 0. The Hall–Kier alpha value is -0.0800. The highest BCUT2D eigenvalue weighted by Crippen LogP contribution is 2.03. The van der Waals surface area contributed by atoms with Crippen molar-refractivity contribution < 1.29 is 0 Å². The van der Waals surface area contributed by atoms with Gasteiger partial charge in [0, 0.05) is 12.6 Å². The lowest BCUT2D eigenvalue weighted by Crippen LogP contribution is -2.42. The summed E-state index contributed by atoms with van der Waals surface area (Å²) in [7, 11) is 0. The van der Waals surface area contributed by atoms with Gasteiger partial charge in [-0.05, 0) is 45.8 Å². The Bertz CT molecular complexity index is 123. The molecule has 2 heteroatoms. The topological polar surface area (TPSA) is 15.3 Å². The lowest BCUT2D eigenvalue weighted by molar-refractivity contribution is 0.224. The Morgan fingerprint density at radius 1 is 1.38 bits per heavy atom. The summed E-state index contributed by atoms with van der Waals surface area (Å²) in [6.45, 7) is 9.62. The molecular weight excluding hydrogens is 160 g/mol. The molecule has 0 radical (unpaired) electrons. The van der Waals surface area contributed by atoms with Crippen molar-refractivity contribution in [2.75, 3.05) is 26.2 Å². The van der Waals surface area contributed by atoms with Crippen LogP contribution >= 0.6 is 0 Å². The van der Waals surface area contributed by atoms with Gasteiger partial charge < -0.3 is 10.2 Å². The molecule has 13 heavy (non-hydrogen) atoms. The molecule has 0 aromatic heterocycles. The van der Waals surface area contributed by atoms with E-state index in [1.807, 2.05) is 0 Å². The van der Waals surface area contributed by atoms with Crippen LogP contribution in [0.5, 0.6) is 0 Å². The van der Waals surface area contributed by atoms with Crippen LogP contribution < -0.4 is 5.32 Å². The number of rotatable bonds is 3. The first-order valence-corrected chi connectivity index (χ1v) is 5.78. The molecule has 0 saturated carbocycles. The summed E-state index contributed by atoms with van der Waals surface area (Å²) in [6.07, 6.45) is 5.38. The minimum Gasteiger partial charge on any atom is -0.313 e. The van der Waals surface area contributed by atoms with Crippen molar-refractivity contribution in [2.24, 2.45) is 0 Å². The molecule has 0 aromatic rings. The average Bonchev–Trinajstić information content (AvgIpc) is 2.09. The molecule has 1 aliphatic rings. The van der Waals surface area contributed by atoms with Crippen LogP contribution in [0.15, 0.2) is 0 Å². The Morgan fingerprint density at radius 2 is 2.23 bits per heavy atom. The number of unbranched alkanes of at least 4 members (excludes halogenated alkanes) is 1. The van der Waals surface area contributed by atoms with Crippen molar-refractivity contribution in [3.8, 4) is 0 Å². The van der Waals surface area contributed by atoms with Crippen LogP contribution in [0.4, 0.5) is 0 Å². The molecule has 1 saturated heterocycles. The predicted octanol–water partition coefficient (Wildman–Crippen LogP) is 1.86. The maximum atomic E-state index is 3.55. The standard InChI is InChI=1S/C11H24N2/c1-3-4-8-13-9-6-5-7-12-11(2)10-13/h11-12H,3-10H2,1-2H3. The summed E-state index contributed by atoms with van der Waals surface area (Å²) in [6, 6.07) is 0.678. The maximum absolute atomic E-state index is 3.55. The predicted molar refractivity (Wildman–Crippen MR) is 58.0 cm³/mol. The molecule has 1 N–H and O–H groups in total. The third kappa shape index (κ3) is 4.63. The molecule has 1 aliphatic heterocycles. The molecule has 1 fully saturated rings. The molecule has 78 valence electrons. The molecule has 1 unspecified atom stereocenters. The van der Waals surface area contributed by atoms with E-state index < -0.39 is 0 Å². The first kappa shape index (κ1) is 11.0. The lowest BCUT2D eigenvalue weighted by Gasteiger charge is -2.28. The number of nitrogens with zero attached hydrogens (tertiary/aromatic N) is 1. The van der Waals surface area contributed by atoms with Crippen LogP contribution in [0.2, 0.25) is 0 Å². The second-order valence-corrected chi connectivity index (χ2v) is 4.22. The summed E-state index contributed by atoms with van der Waals surface area (Å²) in [4.78, 5) is 2.61. The van der Waals surface area contributed by atoms with Crippen LogP contribution in [0, 0.1) is 0 Å². The first-order chi connectivity index (χ1) is 6.33. The molecule has 1 atom stereocenters. The Labute approximate surface area is 82.7 Å². The molecule has 1 rings (SSSR count). The minimum absolute atomic E-state index is 0.678. The average molecular weight is 184 g/mol. The summed E-state index contributed by atoms with van der Waals surface area (Å²) in [5.74, 6) is 0. The van der Waals surface area contributed by atoms with Crippen LogP contribution in [0.3, 0.4) is 0 Å². The summed E-state index contributed by atoms with van der Waals surface area (Å²) >= 11 is 0. The van der Waals surface area contributed by atoms with Gasteiger partial charge in [-0.3, -0.25) is 0 Å². The summed E-state index contributed by atoms with van der Waals surface area (Å²) in [5, 5.41) is 3.55. The van der Waals surface area contributed by atoms with Gasteiger partial charge in [-0.2, -0.15) is 0 Å². The molecular formula is C11H24N2. The van der Waals surface area contributed by atoms with Crippen molar-refractivity contribution in [3.63, 3.8) is 0 Å². The largest absolute Gasteiger partial charge is 0.313 e. The molecule has 0 bridgehead atoms. The molecule has 0 aromatic carbocycles. The van der Waals surface area contributed by atoms with E-state index in [1.165, 1.54) is 51.9 Å². The van der Waals surface area contributed by atoms with Gasteiger partial charge in [-0.15, -0.1) is 0 Å². The number of nitrogens with one attached hydrogen (secondary N) is 1. The van der Waals surface area contributed by atoms with Crippen molar-refractivity contribution in [1.29, 1.82) is 0 Å². The van der Waals surface area contributed by atoms with Gasteiger partial charge in [-0.1, -0.05) is 13.3 Å².